The van der Waals surface area contributed by atoms with Gasteiger partial charge in [0.05, 0.1) is 12.0 Å². The topological polar surface area (TPSA) is 126 Å². The van der Waals surface area contributed by atoms with Crippen LogP contribution in [-0.2, 0) is 4.79 Å². The molecule has 0 aromatic carbocycles. The molecule has 125 valence electrons. The Balaban J connectivity index is 0.00000441. The van der Waals surface area contributed by atoms with Crippen molar-refractivity contribution < 1.29 is 54.0 Å². The van der Waals surface area contributed by atoms with Gasteiger partial charge in [-0.2, -0.15) is 0 Å². The van der Waals surface area contributed by atoms with Gasteiger partial charge in [-0.1, -0.05) is 45.4 Å². The zero-order valence-corrected chi connectivity index (χ0v) is 18.4. The third-order valence-electron chi connectivity index (χ3n) is 4.53. The minimum absolute atomic E-state index is 0. The van der Waals surface area contributed by atoms with Crippen LogP contribution < -0.4 is 11.5 Å². The summed E-state index contributed by atoms with van der Waals surface area (Å²) >= 11 is 0. The third-order valence-corrected chi connectivity index (χ3v) is 4.53. The molecule has 6 N–H and O–H groups in total. The summed E-state index contributed by atoms with van der Waals surface area (Å²) in [6, 6.07) is -0.517. The first-order valence-electron chi connectivity index (χ1n) is 7.93. The van der Waals surface area contributed by atoms with Crippen LogP contribution in [0.1, 0.15) is 52.4 Å². The Labute approximate surface area is 169 Å². The molecule has 1 aliphatic carbocycles. The van der Waals surface area contributed by atoms with E-state index in [0.717, 1.165) is 25.7 Å². The van der Waals surface area contributed by atoms with Crippen LogP contribution in [0, 0.1) is 61.8 Å². The van der Waals surface area contributed by atoms with Crippen molar-refractivity contribution in [1.29, 1.82) is 0 Å². The van der Waals surface area contributed by atoms with Crippen molar-refractivity contribution in [2.24, 2.45) is 34.2 Å². The molecule has 7 heteroatoms. The monoisotopic (exact) mass is 524 g/mol. The number of aliphatic imine (C=N–C) groups is 1. The maximum atomic E-state index is 11.3. The Bertz CT molecular complexity index is 369. The van der Waals surface area contributed by atoms with Crippen LogP contribution in [0.3, 0.4) is 0 Å². The minimum Gasteiger partial charge on any atom is -0.674 e. The zero-order chi connectivity index (χ0) is 16.0. The van der Waals surface area contributed by atoms with E-state index in [2.05, 4.69) is 18.8 Å². The normalized spacial score (nSPS) is 25.5. The van der Waals surface area contributed by atoms with Gasteiger partial charge in [-0.05, 0) is 18.8 Å². The number of hydrogen-bond donors (Lipinski definition) is 3. The number of aliphatic carboxylic acids is 1. The summed E-state index contributed by atoms with van der Waals surface area (Å²) in [5, 5.41) is 9.24. The second-order valence-corrected chi connectivity index (χ2v) is 6.15. The number of nitrogens with two attached hydrogens (primary N) is 2. The van der Waals surface area contributed by atoms with Crippen molar-refractivity contribution in [3.05, 3.63) is 5.73 Å². The van der Waals surface area contributed by atoms with E-state index < -0.39 is 11.9 Å². The molecule has 0 aromatic heterocycles. The predicted molar refractivity (Wildman–Crippen MR) is 84.9 cm³/mol. The molecule has 0 spiro atoms. The number of nitrogens with one attached hydrogen (secondary N) is 1. The van der Waals surface area contributed by atoms with Crippen molar-refractivity contribution in [3.63, 3.8) is 0 Å². The SMILES string of the molecule is CCCC(CCC)C([NH-])[C@@H]1C[C@@H](C(=O)O)C[C@H]1N=C(N)N.[Ac]. The van der Waals surface area contributed by atoms with E-state index in [1.54, 1.807) is 0 Å². The molecule has 1 unspecified atom stereocenters. The van der Waals surface area contributed by atoms with Crippen molar-refractivity contribution in [3.8, 4) is 0 Å². The second kappa shape index (κ2) is 10.8. The maximum Gasteiger partial charge on any atom is 0.306 e. The number of hydrogen-bond acceptors (Lipinski definition) is 2. The van der Waals surface area contributed by atoms with Crippen LogP contribution in [0.5, 0.6) is 0 Å². The number of carboxylic acids is 1. The molecule has 4 atom stereocenters. The van der Waals surface area contributed by atoms with Crippen LogP contribution in [0.2, 0.25) is 0 Å². The summed E-state index contributed by atoms with van der Waals surface area (Å²) in [6.07, 6.45) is 5.05. The van der Waals surface area contributed by atoms with E-state index in [4.69, 9.17) is 17.2 Å². The van der Waals surface area contributed by atoms with Crippen molar-refractivity contribution >= 4 is 11.9 Å². The number of guanidine groups is 1. The van der Waals surface area contributed by atoms with Crippen molar-refractivity contribution in [1.82, 2.24) is 0 Å². The first-order chi connectivity index (χ1) is 9.90. The van der Waals surface area contributed by atoms with Gasteiger partial charge in [-0.15, -0.1) is 6.04 Å². The maximum absolute atomic E-state index is 11.3. The average Bonchev–Trinajstić information content (AvgIpc) is 2.81. The van der Waals surface area contributed by atoms with E-state index in [9.17, 15) is 9.90 Å². The first kappa shape index (κ1) is 22.1. The Kier molecular flexibility index (Phi) is 10.9. The van der Waals surface area contributed by atoms with Crippen LogP contribution in [0.4, 0.5) is 0 Å². The van der Waals surface area contributed by atoms with E-state index in [1.165, 1.54) is 0 Å². The molecule has 1 fully saturated rings. The van der Waals surface area contributed by atoms with Crippen LogP contribution >= 0.6 is 0 Å². The number of nitrogens with zero attached hydrogens (tertiary/aromatic N) is 1. The molecule has 1 radical (unpaired) electrons. The fourth-order valence-corrected chi connectivity index (χ4v) is 3.57. The number of carbonyl (C=O) groups is 1. The molecule has 0 amide bonds. The Morgan fingerprint density at radius 3 is 2.23 bits per heavy atom. The Morgan fingerprint density at radius 2 is 1.82 bits per heavy atom. The second-order valence-electron chi connectivity index (χ2n) is 6.15. The van der Waals surface area contributed by atoms with Crippen molar-refractivity contribution in [2.45, 2.75) is 64.5 Å². The third kappa shape index (κ3) is 6.33. The summed E-state index contributed by atoms with van der Waals surface area (Å²) in [6.45, 7) is 4.25. The summed E-state index contributed by atoms with van der Waals surface area (Å²) < 4.78 is 0. The molecular formula is C15H29AcN4O2-. The van der Waals surface area contributed by atoms with Gasteiger partial charge in [0.15, 0.2) is 5.96 Å². The summed E-state index contributed by atoms with van der Waals surface area (Å²) in [5.41, 5.74) is 19.5. The first-order valence-corrected chi connectivity index (χ1v) is 7.93. The molecule has 6 nitrogen and oxygen atoms in total. The quantitative estimate of drug-likeness (QED) is 0.333. The Morgan fingerprint density at radius 1 is 1.27 bits per heavy atom. The fourth-order valence-electron chi connectivity index (χ4n) is 3.57. The summed E-state index contributed by atoms with van der Waals surface area (Å²) in [7, 11) is 0. The smallest absolute Gasteiger partial charge is 0.306 e. The average molecular weight is 524 g/mol. The van der Waals surface area contributed by atoms with Gasteiger partial charge in [-0.25, -0.2) is 0 Å². The van der Waals surface area contributed by atoms with Crippen LogP contribution in [0.25, 0.3) is 5.73 Å². The molecular weight excluding hydrogens is 495 g/mol. The molecule has 0 bridgehead atoms. The van der Waals surface area contributed by atoms with Gasteiger partial charge in [0.2, 0.25) is 0 Å². The number of rotatable bonds is 8. The number of carboxylic acid groups (broad SMARTS) is 1. The van der Waals surface area contributed by atoms with E-state index in [-0.39, 0.29) is 68.0 Å². The fraction of sp³-hybridized carbons (Fsp3) is 0.867. The van der Waals surface area contributed by atoms with Gasteiger partial charge in [0.25, 0.3) is 0 Å². The largest absolute Gasteiger partial charge is 0.674 e. The van der Waals surface area contributed by atoms with E-state index >= 15 is 0 Å². The van der Waals surface area contributed by atoms with Gasteiger partial charge in [0, 0.05) is 44.1 Å². The minimum atomic E-state index is -0.803. The molecule has 0 aromatic rings. The zero-order valence-electron chi connectivity index (χ0n) is 13.7. The van der Waals surface area contributed by atoms with E-state index in [1.807, 2.05) is 0 Å². The summed E-state index contributed by atoms with van der Waals surface area (Å²) in [4.78, 5) is 15.5. The standard InChI is InChI=1S/C15H29N4O2.Ac/c1-3-5-9(6-4-2)13(16)11-7-10(14(20)21)8-12(11)19-15(17)18;/h9-13,16H,3-8H2,1-2H3,(H,20,21)(H4,17,18,19);/q-1;/t10-,11-,12-,13?;/m1./s1. The van der Waals surface area contributed by atoms with Gasteiger partial charge in [-0.3, -0.25) is 9.79 Å². The molecule has 0 saturated heterocycles. The Hall–Kier alpha value is 0.142. The van der Waals surface area contributed by atoms with Gasteiger partial charge in [0.1, 0.15) is 0 Å². The van der Waals surface area contributed by atoms with Gasteiger partial charge >= 0.3 is 5.97 Å². The molecule has 22 heavy (non-hydrogen) atoms. The van der Waals surface area contributed by atoms with Gasteiger partial charge < -0.3 is 22.3 Å². The molecule has 1 aliphatic rings. The van der Waals surface area contributed by atoms with Crippen LogP contribution in [-0.4, -0.2) is 29.1 Å². The molecule has 1 saturated carbocycles. The molecule has 1 rings (SSSR count). The predicted octanol–water partition coefficient (Wildman–Crippen LogP) is 2.38. The molecule has 0 aliphatic heterocycles. The summed E-state index contributed by atoms with van der Waals surface area (Å²) in [5.74, 6) is -1.00. The molecule has 0 heterocycles. The van der Waals surface area contributed by atoms with E-state index in [0.29, 0.717) is 18.8 Å². The van der Waals surface area contributed by atoms with Crippen LogP contribution in [0.15, 0.2) is 4.99 Å². The van der Waals surface area contributed by atoms with Crippen molar-refractivity contribution in [2.75, 3.05) is 0 Å².